The van der Waals surface area contributed by atoms with Crippen LogP contribution in [-0.2, 0) is 6.54 Å². The third kappa shape index (κ3) is 5.28. The van der Waals surface area contributed by atoms with Gasteiger partial charge in [0.1, 0.15) is 17.4 Å². The first kappa shape index (κ1) is 24.7. The number of carbonyl (C=O) groups excluding carboxylic acids is 2. The summed E-state index contributed by atoms with van der Waals surface area (Å²) in [5.41, 5.74) is 2.64. The summed E-state index contributed by atoms with van der Waals surface area (Å²) in [4.78, 5) is 32.5. The van der Waals surface area contributed by atoms with Crippen LogP contribution in [0.1, 0.15) is 57.5 Å². The molecule has 0 aliphatic carbocycles. The van der Waals surface area contributed by atoms with E-state index in [1.807, 2.05) is 31.2 Å². The van der Waals surface area contributed by atoms with Crippen LogP contribution in [0.3, 0.4) is 0 Å². The number of anilines is 1. The first-order valence-electron chi connectivity index (χ1n) is 12.6. The van der Waals surface area contributed by atoms with E-state index in [4.69, 9.17) is 4.74 Å². The fraction of sp³-hybridized carbons (Fsp3) is 0.345. The standard InChI is InChI=1S/C29H31FN4O3/c1-18-25(7-4-8-26(18)37-2)29(36)33-22-14-23-10-11-24(15-22)34(23)27-12-9-20(17-31-27)28(35)32-16-19-5-3-6-21(30)13-19/h3-9,12-13,17,22-24H,10-11,14-16H2,1-2H3,(H,32,35)(H,33,36). The number of carbonyl (C=O) groups is 2. The number of hydrogen-bond acceptors (Lipinski definition) is 5. The normalized spacial score (nSPS) is 20.4. The first-order valence-corrected chi connectivity index (χ1v) is 12.6. The number of nitrogens with zero attached hydrogens (tertiary/aromatic N) is 2. The highest BCUT2D eigenvalue weighted by atomic mass is 19.1. The van der Waals surface area contributed by atoms with Gasteiger partial charge < -0.3 is 20.3 Å². The number of fused-ring (bicyclic) bond motifs is 2. The van der Waals surface area contributed by atoms with Gasteiger partial charge in [0.15, 0.2) is 0 Å². The molecule has 0 radical (unpaired) electrons. The van der Waals surface area contributed by atoms with Crippen LogP contribution in [0.5, 0.6) is 5.75 Å². The summed E-state index contributed by atoms with van der Waals surface area (Å²) in [6.07, 6.45) is 5.39. The summed E-state index contributed by atoms with van der Waals surface area (Å²) < 4.78 is 18.7. The second-order valence-corrected chi connectivity index (χ2v) is 9.78. The zero-order valence-electron chi connectivity index (χ0n) is 21.0. The molecule has 2 fully saturated rings. The minimum absolute atomic E-state index is 0.0685. The number of halogens is 1. The Hall–Kier alpha value is -3.94. The van der Waals surface area contributed by atoms with Crippen LogP contribution in [0.4, 0.5) is 10.2 Å². The molecule has 2 saturated heterocycles. The third-order valence-corrected chi connectivity index (χ3v) is 7.43. The number of aromatic nitrogens is 1. The fourth-order valence-electron chi connectivity index (χ4n) is 5.62. The number of benzene rings is 2. The highest BCUT2D eigenvalue weighted by Gasteiger charge is 2.42. The lowest BCUT2D eigenvalue weighted by atomic mass is 9.96. The van der Waals surface area contributed by atoms with Crippen molar-refractivity contribution < 1.29 is 18.7 Å². The van der Waals surface area contributed by atoms with Gasteiger partial charge in [0.2, 0.25) is 0 Å². The van der Waals surface area contributed by atoms with Gasteiger partial charge in [-0.3, -0.25) is 9.59 Å². The van der Waals surface area contributed by atoms with Crippen molar-refractivity contribution in [1.29, 1.82) is 0 Å². The van der Waals surface area contributed by atoms with Crippen LogP contribution in [-0.4, -0.2) is 42.0 Å². The Balaban J connectivity index is 1.19. The summed E-state index contributed by atoms with van der Waals surface area (Å²) >= 11 is 0. The molecule has 3 heterocycles. The maximum absolute atomic E-state index is 13.4. The van der Waals surface area contributed by atoms with Crippen molar-refractivity contribution >= 4 is 17.6 Å². The van der Waals surface area contributed by atoms with Crippen molar-refractivity contribution in [2.24, 2.45) is 0 Å². The Morgan fingerprint density at radius 2 is 1.81 bits per heavy atom. The van der Waals surface area contributed by atoms with Crippen molar-refractivity contribution in [1.82, 2.24) is 15.6 Å². The number of nitrogens with one attached hydrogen (secondary N) is 2. The van der Waals surface area contributed by atoms with Gasteiger partial charge in [-0.15, -0.1) is 0 Å². The van der Waals surface area contributed by atoms with Gasteiger partial charge in [0, 0.05) is 42.0 Å². The fourth-order valence-corrected chi connectivity index (χ4v) is 5.62. The summed E-state index contributed by atoms with van der Waals surface area (Å²) in [5.74, 6) is 0.912. The minimum Gasteiger partial charge on any atom is -0.496 e. The lowest BCUT2D eigenvalue weighted by Crippen LogP contribution is -2.50. The second-order valence-electron chi connectivity index (χ2n) is 9.78. The lowest BCUT2D eigenvalue weighted by Gasteiger charge is -2.40. The molecule has 37 heavy (non-hydrogen) atoms. The summed E-state index contributed by atoms with van der Waals surface area (Å²) in [7, 11) is 1.61. The number of ether oxygens (including phenoxy) is 1. The highest BCUT2D eigenvalue weighted by molar-refractivity contribution is 5.96. The van der Waals surface area contributed by atoms with E-state index in [1.54, 1.807) is 31.5 Å². The van der Waals surface area contributed by atoms with E-state index in [1.165, 1.54) is 12.1 Å². The van der Waals surface area contributed by atoms with Gasteiger partial charge in [-0.05, 0) is 74.6 Å². The van der Waals surface area contributed by atoms with Gasteiger partial charge in [-0.1, -0.05) is 18.2 Å². The van der Waals surface area contributed by atoms with E-state index in [2.05, 4.69) is 20.5 Å². The van der Waals surface area contributed by atoms with Crippen LogP contribution < -0.4 is 20.3 Å². The Kier molecular flexibility index (Phi) is 7.08. The molecule has 2 aliphatic heterocycles. The highest BCUT2D eigenvalue weighted by Crippen LogP contribution is 2.38. The van der Waals surface area contributed by atoms with E-state index in [9.17, 15) is 14.0 Å². The van der Waals surface area contributed by atoms with Crippen LogP contribution in [0.2, 0.25) is 0 Å². The van der Waals surface area contributed by atoms with Crippen molar-refractivity contribution in [3.63, 3.8) is 0 Å². The molecule has 2 bridgehead atoms. The molecule has 5 rings (SSSR count). The van der Waals surface area contributed by atoms with Crippen LogP contribution >= 0.6 is 0 Å². The maximum Gasteiger partial charge on any atom is 0.253 e. The molecule has 1 aromatic heterocycles. The number of methoxy groups -OCH3 is 1. The number of hydrogen-bond donors (Lipinski definition) is 2. The molecule has 3 aromatic rings. The van der Waals surface area contributed by atoms with E-state index in [0.29, 0.717) is 22.4 Å². The Morgan fingerprint density at radius 1 is 1.05 bits per heavy atom. The molecule has 2 amide bonds. The van der Waals surface area contributed by atoms with Crippen molar-refractivity contribution in [2.75, 3.05) is 12.0 Å². The largest absolute Gasteiger partial charge is 0.496 e. The van der Waals surface area contributed by atoms with Crippen LogP contribution in [0.25, 0.3) is 0 Å². The predicted molar refractivity (Wildman–Crippen MR) is 139 cm³/mol. The molecule has 0 spiro atoms. The van der Waals surface area contributed by atoms with Gasteiger partial charge in [-0.2, -0.15) is 0 Å². The quantitative estimate of drug-likeness (QED) is 0.501. The Labute approximate surface area is 216 Å². The summed E-state index contributed by atoms with van der Waals surface area (Å²) in [6, 6.07) is 16.0. The summed E-state index contributed by atoms with van der Waals surface area (Å²) in [5, 5.41) is 6.05. The number of pyridine rings is 1. The van der Waals surface area contributed by atoms with Gasteiger partial charge in [-0.25, -0.2) is 9.37 Å². The molecule has 2 unspecified atom stereocenters. The Morgan fingerprint density at radius 3 is 2.49 bits per heavy atom. The van der Waals surface area contributed by atoms with Crippen molar-refractivity contribution in [2.45, 2.75) is 57.3 Å². The summed E-state index contributed by atoms with van der Waals surface area (Å²) in [6.45, 7) is 2.15. The van der Waals surface area contributed by atoms with Gasteiger partial charge in [0.05, 0.1) is 12.7 Å². The predicted octanol–water partition coefficient (Wildman–Crippen LogP) is 4.40. The van der Waals surface area contributed by atoms with Crippen molar-refractivity contribution in [3.05, 3.63) is 88.9 Å². The molecular formula is C29H31FN4O3. The number of amides is 2. The second kappa shape index (κ2) is 10.6. The molecular weight excluding hydrogens is 471 g/mol. The molecule has 192 valence electrons. The van der Waals surface area contributed by atoms with Crippen LogP contribution in [0, 0.1) is 12.7 Å². The zero-order valence-corrected chi connectivity index (χ0v) is 21.0. The molecule has 0 saturated carbocycles. The molecule has 2 atom stereocenters. The zero-order chi connectivity index (χ0) is 25.9. The molecule has 2 aromatic carbocycles. The minimum atomic E-state index is -0.328. The third-order valence-electron chi connectivity index (χ3n) is 7.43. The van der Waals surface area contributed by atoms with E-state index in [0.717, 1.165) is 37.1 Å². The SMILES string of the molecule is COc1cccc(C(=O)NC2CC3CCC(C2)N3c2ccc(C(=O)NCc3cccc(F)c3)cn2)c1C. The number of rotatable bonds is 7. The van der Waals surface area contributed by atoms with Gasteiger partial charge >= 0.3 is 0 Å². The number of piperidine rings is 1. The van der Waals surface area contributed by atoms with Crippen LogP contribution in [0.15, 0.2) is 60.8 Å². The maximum atomic E-state index is 13.4. The molecule has 2 aliphatic rings. The molecule has 7 nitrogen and oxygen atoms in total. The topological polar surface area (TPSA) is 83.6 Å². The van der Waals surface area contributed by atoms with Gasteiger partial charge in [0.25, 0.3) is 11.8 Å². The smallest absolute Gasteiger partial charge is 0.253 e. The van der Waals surface area contributed by atoms with E-state index in [-0.39, 0.29) is 42.3 Å². The molecule has 2 N–H and O–H groups in total. The average Bonchev–Trinajstić information content (AvgIpc) is 3.17. The van der Waals surface area contributed by atoms with E-state index < -0.39 is 0 Å². The lowest BCUT2D eigenvalue weighted by molar-refractivity contribution is 0.0923. The van der Waals surface area contributed by atoms with Crippen molar-refractivity contribution in [3.8, 4) is 5.75 Å². The average molecular weight is 503 g/mol. The first-order chi connectivity index (χ1) is 17.9. The molecule has 8 heteroatoms. The van der Waals surface area contributed by atoms with E-state index >= 15 is 0 Å². The Bertz CT molecular complexity index is 1280. The monoisotopic (exact) mass is 502 g/mol.